The summed E-state index contributed by atoms with van der Waals surface area (Å²) in [4.78, 5) is 21.6. The maximum absolute atomic E-state index is 13.2. The van der Waals surface area contributed by atoms with Crippen LogP contribution in [-0.4, -0.2) is 31.0 Å². The summed E-state index contributed by atoms with van der Waals surface area (Å²) in [6.45, 7) is 3.07. The number of non-ortho nitro benzene ring substituents is 1. The van der Waals surface area contributed by atoms with E-state index in [2.05, 4.69) is 10.6 Å². The van der Waals surface area contributed by atoms with Gasteiger partial charge >= 0.3 is 0 Å². The minimum atomic E-state index is -0.803. The van der Waals surface area contributed by atoms with Crippen molar-refractivity contribution in [2.45, 2.75) is 6.92 Å². The van der Waals surface area contributed by atoms with E-state index in [1.165, 1.54) is 0 Å². The molecule has 1 atom stereocenters. The summed E-state index contributed by atoms with van der Waals surface area (Å²) in [5, 5.41) is 16.2. The fraction of sp³-hybridized carbons (Fsp3) is 0.417. The Labute approximate surface area is 110 Å². The Hall–Kier alpha value is -2.02. The highest BCUT2D eigenvalue weighted by atomic mass is 19.1. The Morgan fingerprint density at radius 2 is 2.11 bits per heavy atom. The third-order valence-electron chi connectivity index (χ3n) is 2.52. The zero-order valence-electron chi connectivity index (χ0n) is 10.8. The molecule has 0 heterocycles. The minimum absolute atomic E-state index is 0.0524. The maximum atomic E-state index is 13.2. The number of rotatable bonds is 6. The van der Waals surface area contributed by atoms with E-state index in [0.29, 0.717) is 6.54 Å². The van der Waals surface area contributed by atoms with Crippen LogP contribution in [0.25, 0.3) is 0 Å². The van der Waals surface area contributed by atoms with E-state index < -0.39 is 22.3 Å². The molecule has 0 saturated heterocycles. The number of nitrogens with zero attached hydrogens (tertiary/aromatic N) is 1. The molecule has 0 spiro atoms. The average molecular weight is 269 g/mol. The second-order valence-corrected chi connectivity index (χ2v) is 4.33. The number of hydrogen-bond acceptors (Lipinski definition) is 4. The Morgan fingerprint density at radius 1 is 1.42 bits per heavy atom. The number of nitro groups is 1. The van der Waals surface area contributed by atoms with E-state index >= 15 is 0 Å². The molecule has 7 heteroatoms. The third kappa shape index (κ3) is 4.63. The van der Waals surface area contributed by atoms with Crippen molar-refractivity contribution in [2.75, 3.05) is 20.1 Å². The quantitative estimate of drug-likeness (QED) is 0.602. The SMILES string of the molecule is CNCC(C)CNC(=O)c1cc(F)cc([N+](=O)[O-])c1. The summed E-state index contributed by atoms with van der Waals surface area (Å²) in [6, 6.07) is 2.81. The van der Waals surface area contributed by atoms with Gasteiger partial charge in [-0.1, -0.05) is 6.92 Å². The van der Waals surface area contributed by atoms with Crippen LogP contribution < -0.4 is 10.6 Å². The molecule has 0 bridgehead atoms. The van der Waals surface area contributed by atoms with E-state index in [1.54, 1.807) is 7.05 Å². The molecule has 19 heavy (non-hydrogen) atoms. The first-order valence-electron chi connectivity index (χ1n) is 5.81. The lowest BCUT2D eigenvalue weighted by molar-refractivity contribution is -0.385. The van der Waals surface area contributed by atoms with Crippen LogP contribution >= 0.6 is 0 Å². The second-order valence-electron chi connectivity index (χ2n) is 4.33. The van der Waals surface area contributed by atoms with Crippen LogP contribution in [0.4, 0.5) is 10.1 Å². The van der Waals surface area contributed by atoms with E-state index in [-0.39, 0.29) is 11.5 Å². The largest absolute Gasteiger partial charge is 0.352 e. The number of carbonyl (C=O) groups excluding carboxylic acids is 1. The number of hydrogen-bond donors (Lipinski definition) is 2. The van der Waals surface area contributed by atoms with Gasteiger partial charge in [-0.05, 0) is 25.6 Å². The molecular formula is C12H16FN3O3. The van der Waals surface area contributed by atoms with Crippen molar-refractivity contribution in [3.05, 3.63) is 39.7 Å². The Kier molecular flexibility index (Phi) is 5.37. The van der Waals surface area contributed by atoms with Crippen LogP contribution in [0.2, 0.25) is 0 Å². The van der Waals surface area contributed by atoms with Crippen LogP contribution in [0, 0.1) is 21.8 Å². The molecular weight excluding hydrogens is 253 g/mol. The van der Waals surface area contributed by atoms with Gasteiger partial charge in [0.2, 0.25) is 0 Å². The summed E-state index contributed by atoms with van der Waals surface area (Å²) in [6.07, 6.45) is 0. The molecule has 0 aromatic heterocycles. The number of nitrogens with one attached hydrogen (secondary N) is 2. The Balaban J connectivity index is 2.74. The first-order chi connectivity index (χ1) is 8.93. The number of nitro benzene ring substituents is 1. The van der Waals surface area contributed by atoms with Crippen molar-refractivity contribution in [3.63, 3.8) is 0 Å². The zero-order valence-corrected chi connectivity index (χ0v) is 10.8. The van der Waals surface area contributed by atoms with Crippen LogP contribution in [-0.2, 0) is 0 Å². The first kappa shape index (κ1) is 15.0. The summed E-state index contributed by atoms with van der Waals surface area (Å²) in [7, 11) is 1.80. The minimum Gasteiger partial charge on any atom is -0.352 e. The average Bonchev–Trinajstić information content (AvgIpc) is 2.35. The molecule has 2 N–H and O–H groups in total. The molecule has 1 aromatic carbocycles. The molecule has 1 amide bonds. The van der Waals surface area contributed by atoms with E-state index in [9.17, 15) is 19.3 Å². The summed E-state index contributed by atoms with van der Waals surface area (Å²) < 4.78 is 13.2. The zero-order chi connectivity index (χ0) is 14.4. The van der Waals surface area contributed by atoms with Crippen LogP contribution in [0.3, 0.4) is 0 Å². The molecule has 1 unspecified atom stereocenters. The predicted molar refractivity (Wildman–Crippen MR) is 68.5 cm³/mol. The predicted octanol–water partition coefficient (Wildman–Crippen LogP) is 1.32. The molecule has 0 fully saturated rings. The van der Waals surface area contributed by atoms with Crippen molar-refractivity contribution in [2.24, 2.45) is 5.92 Å². The fourth-order valence-corrected chi connectivity index (χ4v) is 1.60. The van der Waals surface area contributed by atoms with Gasteiger partial charge in [-0.25, -0.2) is 4.39 Å². The van der Waals surface area contributed by atoms with Gasteiger partial charge in [-0.2, -0.15) is 0 Å². The monoisotopic (exact) mass is 269 g/mol. The molecule has 1 rings (SSSR count). The lowest BCUT2D eigenvalue weighted by atomic mass is 10.1. The van der Waals surface area contributed by atoms with Crippen LogP contribution in [0.15, 0.2) is 18.2 Å². The van der Waals surface area contributed by atoms with Gasteiger partial charge in [0, 0.05) is 18.2 Å². The number of amides is 1. The van der Waals surface area contributed by atoms with Crippen LogP contribution in [0.1, 0.15) is 17.3 Å². The van der Waals surface area contributed by atoms with Gasteiger partial charge in [0.1, 0.15) is 5.82 Å². The van der Waals surface area contributed by atoms with Gasteiger partial charge in [-0.15, -0.1) is 0 Å². The highest BCUT2D eigenvalue weighted by Crippen LogP contribution is 2.16. The van der Waals surface area contributed by atoms with E-state index in [1.807, 2.05) is 6.92 Å². The van der Waals surface area contributed by atoms with Crippen molar-refractivity contribution < 1.29 is 14.1 Å². The number of halogens is 1. The highest BCUT2D eigenvalue weighted by molar-refractivity contribution is 5.94. The van der Waals surface area contributed by atoms with Gasteiger partial charge < -0.3 is 10.6 Å². The Morgan fingerprint density at radius 3 is 2.68 bits per heavy atom. The Bertz CT molecular complexity index is 479. The highest BCUT2D eigenvalue weighted by Gasteiger charge is 2.15. The van der Waals surface area contributed by atoms with E-state index in [0.717, 1.165) is 24.7 Å². The van der Waals surface area contributed by atoms with Crippen molar-refractivity contribution >= 4 is 11.6 Å². The second kappa shape index (κ2) is 6.79. The first-order valence-corrected chi connectivity index (χ1v) is 5.81. The molecule has 0 aliphatic carbocycles. The van der Waals surface area contributed by atoms with Crippen molar-refractivity contribution in [3.8, 4) is 0 Å². The summed E-state index contributed by atoms with van der Waals surface area (Å²) in [5.74, 6) is -1.12. The molecule has 104 valence electrons. The molecule has 0 saturated carbocycles. The standard InChI is InChI=1S/C12H16FN3O3/c1-8(6-14-2)7-15-12(17)9-3-10(13)5-11(4-9)16(18)19/h3-5,8,14H,6-7H2,1-2H3,(H,15,17). The van der Waals surface area contributed by atoms with Crippen LogP contribution in [0.5, 0.6) is 0 Å². The lowest BCUT2D eigenvalue weighted by Gasteiger charge is -2.11. The normalized spacial score (nSPS) is 11.9. The smallest absolute Gasteiger partial charge is 0.273 e. The van der Waals surface area contributed by atoms with Gasteiger partial charge in [-0.3, -0.25) is 14.9 Å². The van der Waals surface area contributed by atoms with Crippen molar-refractivity contribution in [1.29, 1.82) is 0 Å². The number of carbonyl (C=O) groups is 1. The third-order valence-corrected chi connectivity index (χ3v) is 2.52. The van der Waals surface area contributed by atoms with Gasteiger partial charge in [0.25, 0.3) is 11.6 Å². The lowest BCUT2D eigenvalue weighted by Crippen LogP contribution is -2.32. The molecule has 0 aliphatic heterocycles. The maximum Gasteiger partial charge on any atom is 0.273 e. The summed E-state index contributed by atoms with van der Waals surface area (Å²) >= 11 is 0. The molecule has 0 radical (unpaired) electrons. The number of benzene rings is 1. The van der Waals surface area contributed by atoms with Gasteiger partial charge in [0.15, 0.2) is 0 Å². The van der Waals surface area contributed by atoms with Crippen molar-refractivity contribution in [1.82, 2.24) is 10.6 Å². The van der Waals surface area contributed by atoms with E-state index in [4.69, 9.17) is 0 Å². The van der Waals surface area contributed by atoms with Gasteiger partial charge in [0.05, 0.1) is 11.0 Å². The molecule has 1 aromatic rings. The summed E-state index contributed by atoms with van der Waals surface area (Å²) in [5.41, 5.74) is -0.489. The molecule has 0 aliphatic rings. The molecule has 6 nitrogen and oxygen atoms in total. The topological polar surface area (TPSA) is 84.3 Å². The fourth-order valence-electron chi connectivity index (χ4n) is 1.60.